The molecule has 16 heavy (non-hydrogen) atoms. The van der Waals surface area contributed by atoms with Crippen LogP contribution in [0.2, 0.25) is 0 Å². The van der Waals surface area contributed by atoms with E-state index in [0.717, 1.165) is 0 Å². The molecule has 1 aromatic rings. The molecule has 8 heteroatoms. The van der Waals surface area contributed by atoms with E-state index in [2.05, 4.69) is 0 Å². The van der Waals surface area contributed by atoms with Crippen LogP contribution >= 0.6 is 0 Å². The number of nitro groups is 1. The van der Waals surface area contributed by atoms with Gasteiger partial charge in [0.15, 0.2) is 0 Å². The van der Waals surface area contributed by atoms with E-state index >= 15 is 0 Å². The molecule has 0 amide bonds. The van der Waals surface area contributed by atoms with Crippen LogP contribution in [0, 0.1) is 10.1 Å². The highest BCUT2D eigenvalue weighted by molar-refractivity contribution is 7.89. The minimum Gasteiger partial charge on any atom is -0.492 e. The first-order valence-corrected chi connectivity index (χ1v) is 5.98. The summed E-state index contributed by atoms with van der Waals surface area (Å²) in [5.41, 5.74) is -0.117. The first-order chi connectivity index (χ1) is 7.38. The van der Waals surface area contributed by atoms with Gasteiger partial charge in [0.05, 0.1) is 16.7 Å². The summed E-state index contributed by atoms with van der Waals surface area (Å²) in [7, 11) is -3.58. The number of nitrogens with zero attached hydrogens (tertiary/aromatic N) is 1. The van der Waals surface area contributed by atoms with Crippen molar-refractivity contribution in [2.24, 2.45) is 5.14 Å². The van der Waals surface area contributed by atoms with Crippen LogP contribution in [0.1, 0.15) is 0 Å². The summed E-state index contributed by atoms with van der Waals surface area (Å²) < 4.78 is 26.2. The normalized spacial score (nSPS) is 11.1. The summed E-state index contributed by atoms with van der Waals surface area (Å²) >= 11 is 0. The van der Waals surface area contributed by atoms with Gasteiger partial charge in [0, 0.05) is 6.07 Å². The number of hydrogen-bond acceptors (Lipinski definition) is 5. The lowest BCUT2D eigenvalue weighted by atomic mass is 10.3. The third-order valence-electron chi connectivity index (χ3n) is 1.67. The van der Waals surface area contributed by atoms with Gasteiger partial charge in [-0.1, -0.05) is 6.07 Å². The van der Waals surface area contributed by atoms with E-state index in [1.54, 1.807) is 0 Å². The van der Waals surface area contributed by atoms with E-state index in [1.807, 2.05) is 0 Å². The molecule has 0 fully saturated rings. The molecular formula is C8H10N2O5S. The molecular weight excluding hydrogens is 236 g/mol. The summed E-state index contributed by atoms with van der Waals surface area (Å²) in [6, 6.07) is 5.47. The fraction of sp³-hybridized carbons (Fsp3) is 0.250. The van der Waals surface area contributed by atoms with Crippen LogP contribution in [-0.4, -0.2) is 25.7 Å². The summed E-state index contributed by atoms with van der Waals surface area (Å²) in [6.45, 7) is -0.139. The Bertz CT molecular complexity index is 485. The van der Waals surface area contributed by atoms with Gasteiger partial charge >= 0.3 is 0 Å². The second-order valence-corrected chi connectivity index (χ2v) is 4.70. The Morgan fingerprint density at radius 2 is 2.12 bits per heavy atom. The van der Waals surface area contributed by atoms with E-state index in [0.29, 0.717) is 0 Å². The molecule has 0 aliphatic carbocycles. The molecule has 88 valence electrons. The highest BCUT2D eigenvalue weighted by atomic mass is 32.2. The van der Waals surface area contributed by atoms with Crippen LogP contribution in [-0.2, 0) is 10.0 Å². The molecule has 1 aromatic carbocycles. The Morgan fingerprint density at radius 3 is 2.69 bits per heavy atom. The second-order valence-electron chi connectivity index (χ2n) is 2.97. The largest absolute Gasteiger partial charge is 0.492 e. The van der Waals surface area contributed by atoms with Gasteiger partial charge in [-0.3, -0.25) is 10.1 Å². The van der Waals surface area contributed by atoms with E-state index in [1.165, 1.54) is 24.3 Å². The van der Waals surface area contributed by atoms with Crippen molar-refractivity contribution in [1.82, 2.24) is 0 Å². The molecule has 2 N–H and O–H groups in total. The predicted octanol–water partition coefficient (Wildman–Crippen LogP) is 0.262. The van der Waals surface area contributed by atoms with Crippen LogP contribution in [0.25, 0.3) is 0 Å². The predicted molar refractivity (Wildman–Crippen MR) is 56.6 cm³/mol. The number of hydrogen-bond donors (Lipinski definition) is 1. The minimum atomic E-state index is -3.58. The number of non-ortho nitro benzene ring substituents is 1. The maximum absolute atomic E-state index is 10.6. The first-order valence-electron chi connectivity index (χ1n) is 4.26. The molecule has 1 rings (SSSR count). The molecule has 0 spiro atoms. The van der Waals surface area contributed by atoms with Crippen LogP contribution in [0.3, 0.4) is 0 Å². The quantitative estimate of drug-likeness (QED) is 0.591. The number of nitro benzene ring substituents is 1. The highest BCUT2D eigenvalue weighted by Gasteiger charge is 2.07. The molecule has 0 heterocycles. The number of sulfonamides is 1. The van der Waals surface area contributed by atoms with Gasteiger partial charge in [-0.25, -0.2) is 13.6 Å². The molecule has 0 radical (unpaired) electrons. The van der Waals surface area contributed by atoms with Gasteiger partial charge < -0.3 is 4.74 Å². The summed E-state index contributed by atoms with van der Waals surface area (Å²) in [4.78, 5) is 9.86. The fourth-order valence-electron chi connectivity index (χ4n) is 0.963. The summed E-state index contributed by atoms with van der Waals surface area (Å²) in [5, 5.41) is 15.2. The Morgan fingerprint density at radius 1 is 1.44 bits per heavy atom. The van der Waals surface area contributed by atoms with Crippen LogP contribution < -0.4 is 9.88 Å². The smallest absolute Gasteiger partial charge is 0.273 e. The standard InChI is InChI=1S/C8H10N2O5S/c9-16(13,14)5-4-15-8-3-1-2-7(6-8)10(11)12/h1-3,6H,4-5H2,(H2,9,13,14). The molecule has 0 unspecified atom stereocenters. The maximum Gasteiger partial charge on any atom is 0.273 e. The molecule has 0 aliphatic rings. The van der Waals surface area contributed by atoms with Gasteiger partial charge in [0.1, 0.15) is 12.4 Å². The summed E-state index contributed by atoms with van der Waals surface area (Å²) in [5.74, 6) is -0.103. The average Bonchev–Trinajstić information content (AvgIpc) is 2.16. The van der Waals surface area contributed by atoms with Gasteiger partial charge in [-0.15, -0.1) is 0 Å². The van der Waals surface area contributed by atoms with Crippen molar-refractivity contribution in [2.75, 3.05) is 12.4 Å². The van der Waals surface area contributed by atoms with Crippen molar-refractivity contribution >= 4 is 15.7 Å². The van der Waals surface area contributed by atoms with Crippen molar-refractivity contribution in [1.29, 1.82) is 0 Å². The zero-order valence-electron chi connectivity index (χ0n) is 8.20. The van der Waals surface area contributed by atoms with E-state index in [9.17, 15) is 18.5 Å². The van der Waals surface area contributed by atoms with Gasteiger partial charge in [0.25, 0.3) is 5.69 Å². The van der Waals surface area contributed by atoms with Crippen molar-refractivity contribution in [3.8, 4) is 5.75 Å². The lowest BCUT2D eigenvalue weighted by Crippen LogP contribution is -2.21. The van der Waals surface area contributed by atoms with Crippen LogP contribution in [0.5, 0.6) is 5.75 Å². The Balaban J connectivity index is 2.61. The first kappa shape index (κ1) is 12.4. The van der Waals surface area contributed by atoms with Crippen molar-refractivity contribution < 1.29 is 18.1 Å². The van der Waals surface area contributed by atoms with E-state index in [-0.39, 0.29) is 23.8 Å². The van der Waals surface area contributed by atoms with Gasteiger partial charge in [-0.05, 0) is 6.07 Å². The minimum absolute atomic E-state index is 0.117. The van der Waals surface area contributed by atoms with E-state index in [4.69, 9.17) is 9.88 Å². The van der Waals surface area contributed by atoms with Crippen molar-refractivity contribution in [2.45, 2.75) is 0 Å². The molecule has 7 nitrogen and oxygen atoms in total. The third kappa shape index (κ3) is 4.24. The van der Waals surface area contributed by atoms with Crippen LogP contribution in [0.4, 0.5) is 5.69 Å². The van der Waals surface area contributed by atoms with Crippen LogP contribution in [0.15, 0.2) is 24.3 Å². The average molecular weight is 246 g/mol. The summed E-state index contributed by atoms with van der Waals surface area (Å²) in [6.07, 6.45) is 0. The zero-order valence-corrected chi connectivity index (χ0v) is 9.01. The molecule has 0 saturated carbocycles. The monoisotopic (exact) mass is 246 g/mol. The fourth-order valence-corrected chi connectivity index (χ4v) is 1.28. The number of primary sulfonamides is 1. The van der Waals surface area contributed by atoms with E-state index < -0.39 is 14.9 Å². The van der Waals surface area contributed by atoms with Crippen molar-refractivity contribution in [3.63, 3.8) is 0 Å². The van der Waals surface area contributed by atoms with Gasteiger partial charge in [0.2, 0.25) is 10.0 Å². The Hall–Kier alpha value is -1.67. The topological polar surface area (TPSA) is 113 Å². The number of rotatable bonds is 5. The molecule has 0 aromatic heterocycles. The molecule has 0 bridgehead atoms. The third-order valence-corrected chi connectivity index (χ3v) is 2.40. The van der Waals surface area contributed by atoms with Crippen molar-refractivity contribution in [3.05, 3.63) is 34.4 Å². The molecule has 0 saturated heterocycles. The Kier molecular flexibility index (Phi) is 3.80. The SMILES string of the molecule is NS(=O)(=O)CCOc1cccc([N+](=O)[O-])c1. The lowest BCUT2D eigenvalue weighted by Gasteiger charge is -2.04. The Labute approximate surface area is 92.0 Å². The number of ether oxygens (including phenoxy) is 1. The molecule has 0 atom stereocenters. The number of benzene rings is 1. The molecule has 0 aliphatic heterocycles. The second kappa shape index (κ2) is 4.90. The highest BCUT2D eigenvalue weighted by Crippen LogP contribution is 2.18. The maximum atomic E-state index is 10.6. The zero-order chi connectivity index (χ0) is 12.2. The van der Waals surface area contributed by atoms with Gasteiger partial charge in [-0.2, -0.15) is 0 Å². The number of nitrogens with two attached hydrogens (primary N) is 1. The lowest BCUT2D eigenvalue weighted by molar-refractivity contribution is -0.384.